The average Bonchev–Trinajstić information content (AvgIpc) is 2.53. The maximum atomic E-state index is 12.1. The molecule has 0 radical (unpaired) electrons. The lowest BCUT2D eigenvalue weighted by Gasteiger charge is -1.99. The minimum absolute atomic E-state index is 0.0117. The molecular formula is C18H12INO. The fourth-order valence-electron chi connectivity index (χ4n) is 2.08. The summed E-state index contributed by atoms with van der Waals surface area (Å²) in [6.45, 7) is 0. The molecule has 21 heavy (non-hydrogen) atoms. The molecule has 0 spiro atoms. The van der Waals surface area contributed by atoms with Gasteiger partial charge in [-0.3, -0.25) is 9.78 Å². The molecule has 0 aliphatic rings. The van der Waals surface area contributed by atoms with Crippen LogP contribution in [0.4, 0.5) is 0 Å². The summed E-state index contributed by atoms with van der Waals surface area (Å²) >= 11 is 2.22. The number of allylic oxidation sites excluding steroid dienone is 1. The van der Waals surface area contributed by atoms with Crippen molar-refractivity contribution in [1.29, 1.82) is 0 Å². The first-order valence-electron chi connectivity index (χ1n) is 6.55. The van der Waals surface area contributed by atoms with Crippen molar-refractivity contribution in [1.82, 2.24) is 4.98 Å². The number of aromatic nitrogens is 1. The van der Waals surface area contributed by atoms with Crippen LogP contribution in [0.3, 0.4) is 0 Å². The molecule has 0 N–H and O–H groups in total. The lowest BCUT2D eigenvalue weighted by Crippen LogP contribution is -1.93. The predicted molar refractivity (Wildman–Crippen MR) is 94.3 cm³/mol. The van der Waals surface area contributed by atoms with Crippen LogP contribution < -0.4 is 0 Å². The zero-order chi connectivity index (χ0) is 14.7. The number of hydrogen-bond donors (Lipinski definition) is 0. The van der Waals surface area contributed by atoms with Crippen LogP contribution in [0.2, 0.25) is 0 Å². The number of benzene rings is 2. The number of ketones is 1. The number of nitrogens with zero attached hydrogens (tertiary/aromatic N) is 1. The van der Waals surface area contributed by atoms with E-state index >= 15 is 0 Å². The first kappa shape index (κ1) is 13.9. The average molecular weight is 385 g/mol. The Balaban J connectivity index is 1.83. The summed E-state index contributed by atoms with van der Waals surface area (Å²) in [5, 5.41) is 1.07. The van der Waals surface area contributed by atoms with Crippen molar-refractivity contribution in [3.8, 4) is 0 Å². The maximum absolute atomic E-state index is 12.1. The number of pyridine rings is 1. The second-order valence-electron chi connectivity index (χ2n) is 4.66. The van der Waals surface area contributed by atoms with Gasteiger partial charge in [0.1, 0.15) is 0 Å². The standard InChI is InChI=1S/C18H12INO/c19-16-7-5-14(6-8-16)18(21)10-4-13-3-9-17-15(12-13)2-1-11-20-17/h1-12H/b10-4+. The van der Waals surface area contributed by atoms with Gasteiger partial charge in [-0.05, 0) is 64.6 Å². The maximum Gasteiger partial charge on any atom is 0.185 e. The smallest absolute Gasteiger partial charge is 0.185 e. The van der Waals surface area contributed by atoms with Crippen LogP contribution in [0, 0.1) is 3.57 Å². The van der Waals surface area contributed by atoms with Crippen LogP contribution in [0.25, 0.3) is 17.0 Å². The summed E-state index contributed by atoms with van der Waals surface area (Å²) in [4.78, 5) is 16.4. The summed E-state index contributed by atoms with van der Waals surface area (Å²) in [6.07, 6.45) is 5.23. The van der Waals surface area contributed by atoms with E-state index in [9.17, 15) is 4.79 Å². The van der Waals surface area contributed by atoms with Crippen molar-refractivity contribution >= 4 is 45.4 Å². The zero-order valence-electron chi connectivity index (χ0n) is 11.2. The van der Waals surface area contributed by atoms with Gasteiger partial charge in [-0.1, -0.05) is 30.3 Å². The van der Waals surface area contributed by atoms with Crippen LogP contribution in [0.5, 0.6) is 0 Å². The minimum Gasteiger partial charge on any atom is -0.289 e. The van der Waals surface area contributed by atoms with Gasteiger partial charge in [0, 0.05) is 20.7 Å². The van der Waals surface area contributed by atoms with E-state index in [1.54, 1.807) is 12.3 Å². The molecule has 3 aromatic rings. The van der Waals surface area contributed by atoms with Gasteiger partial charge in [-0.15, -0.1) is 0 Å². The molecular weight excluding hydrogens is 373 g/mol. The number of halogens is 1. The Kier molecular flexibility index (Phi) is 4.10. The van der Waals surface area contributed by atoms with E-state index in [0.717, 1.165) is 20.0 Å². The van der Waals surface area contributed by atoms with Crippen LogP contribution in [0.1, 0.15) is 15.9 Å². The number of carbonyl (C=O) groups excluding carboxylic acids is 1. The molecule has 0 amide bonds. The highest BCUT2D eigenvalue weighted by molar-refractivity contribution is 14.1. The Morgan fingerprint density at radius 1 is 1.05 bits per heavy atom. The molecule has 0 saturated heterocycles. The highest BCUT2D eigenvalue weighted by atomic mass is 127. The monoisotopic (exact) mass is 385 g/mol. The molecule has 0 unspecified atom stereocenters. The van der Waals surface area contributed by atoms with Crippen LogP contribution in [0.15, 0.2) is 66.9 Å². The zero-order valence-corrected chi connectivity index (χ0v) is 13.3. The Bertz CT molecular complexity index is 822. The molecule has 2 aromatic carbocycles. The molecule has 0 saturated carbocycles. The van der Waals surface area contributed by atoms with E-state index in [2.05, 4.69) is 27.6 Å². The van der Waals surface area contributed by atoms with Gasteiger partial charge in [0.2, 0.25) is 0 Å². The van der Waals surface area contributed by atoms with Gasteiger partial charge in [-0.25, -0.2) is 0 Å². The minimum atomic E-state index is 0.0117. The largest absolute Gasteiger partial charge is 0.289 e. The Morgan fingerprint density at radius 3 is 2.67 bits per heavy atom. The molecule has 0 fully saturated rings. The highest BCUT2D eigenvalue weighted by Gasteiger charge is 2.01. The molecule has 3 rings (SSSR count). The van der Waals surface area contributed by atoms with Gasteiger partial charge in [0.25, 0.3) is 0 Å². The van der Waals surface area contributed by atoms with Crippen molar-refractivity contribution < 1.29 is 4.79 Å². The lowest BCUT2D eigenvalue weighted by molar-refractivity contribution is 0.104. The second-order valence-corrected chi connectivity index (χ2v) is 5.91. The number of fused-ring (bicyclic) bond motifs is 1. The topological polar surface area (TPSA) is 30.0 Å². The second kappa shape index (κ2) is 6.18. The van der Waals surface area contributed by atoms with Crippen molar-refractivity contribution in [2.75, 3.05) is 0 Å². The molecule has 0 bridgehead atoms. The normalized spacial score (nSPS) is 11.1. The van der Waals surface area contributed by atoms with Gasteiger partial charge in [0.05, 0.1) is 5.52 Å². The Hall–Kier alpha value is -2.01. The van der Waals surface area contributed by atoms with Crippen molar-refractivity contribution in [2.24, 2.45) is 0 Å². The van der Waals surface area contributed by atoms with E-state index in [4.69, 9.17) is 0 Å². The molecule has 0 aliphatic heterocycles. The van der Waals surface area contributed by atoms with Gasteiger partial charge >= 0.3 is 0 Å². The number of hydrogen-bond acceptors (Lipinski definition) is 2. The molecule has 102 valence electrons. The van der Waals surface area contributed by atoms with E-state index < -0.39 is 0 Å². The van der Waals surface area contributed by atoms with Gasteiger partial charge in [0.15, 0.2) is 5.78 Å². The third kappa shape index (κ3) is 3.36. The Morgan fingerprint density at radius 2 is 1.86 bits per heavy atom. The SMILES string of the molecule is O=C(/C=C/c1ccc2ncccc2c1)c1ccc(I)cc1. The third-order valence-electron chi connectivity index (χ3n) is 3.18. The molecule has 0 aliphatic carbocycles. The van der Waals surface area contributed by atoms with Crippen LogP contribution in [-0.2, 0) is 0 Å². The number of carbonyl (C=O) groups is 1. The molecule has 0 atom stereocenters. The predicted octanol–water partition coefficient (Wildman–Crippen LogP) is 4.74. The number of rotatable bonds is 3. The highest BCUT2D eigenvalue weighted by Crippen LogP contribution is 2.15. The van der Waals surface area contributed by atoms with Crippen molar-refractivity contribution in [3.63, 3.8) is 0 Å². The summed E-state index contributed by atoms with van der Waals surface area (Å²) in [5.74, 6) is 0.0117. The quantitative estimate of drug-likeness (QED) is 0.371. The molecule has 1 aromatic heterocycles. The van der Waals surface area contributed by atoms with E-state index in [1.807, 2.05) is 60.7 Å². The van der Waals surface area contributed by atoms with Crippen LogP contribution in [-0.4, -0.2) is 10.8 Å². The summed E-state index contributed by atoms with van der Waals surface area (Å²) in [5.41, 5.74) is 2.65. The van der Waals surface area contributed by atoms with Gasteiger partial charge < -0.3 is 0 Å². The third-order valence-corrected chi connectivity index (χ3v) is 3.90. The summed E-state index contributed by atoms with van der Waals surface area (Å²) < 4.78 is 1.12. The van der Waals surface area contributed by atoms with E-state index in [1.165, 1.54) is 0 Å². The molecule has 2 nitrogen and oxygen atoms in total. The summed E-state index contributed by atoms with van der Waals surface area (Å²) in [6, 6.07) is 17.4. The van der Waals surface area contributed by atoms with E-state index in [0.29, 0.717) is 5.56 Å². The summed E-state index contributed by atoms with van der Waals surface area (Å²) in [7, 11) is 0. The van der Waals surface area contributed by atoms with Crippen molar-refractivity contribution in [3.05, 3.63) is 81.6 Å². The van der Waals surface area contributed by atoms with Gasteiger partial charge in [-0.2, -0.15) is 0 Å². The molecule has 1 heterocycles. The fourth-order valence-corrected chi connectivity index (χ4v) is 2.44. The van der Waals surface area contributed by atoms with Crippen molar-refractivity contribution in [2.45, 2.75) is 0 Å². The van der Waals surface area contributed by atoms with E-state index in [-0.39, 0.29) is 5.78 Å². The molecule has 3 heteroatoms. The van der Waals surface area contributed by atoms with Crippen LogP contribution >= 0.6 is 22.6 Å². The first-order chi connectivity index (χ1) is 10.2. The first-order valence-corrected chi connectivity index (χ1v) is 7.63. The lowest BCUT2D eigenvalue weighted by atomic mass is 10.1. The Labute approximate surface area is 136 Å². The fraction of sp³-hybridized carbons (Fsp3) is 0.